The minimum absolute atomic E-state index is 0.0644. The predicted molar refractivity (Wildman–Crippen MR) is 164 cm³/mol. The number of ether oxygens (including phenoxy) is 6. The maximum atomic E-state index is 13.2. The lowest BCUT2D eigenvalue weighted by Gasteiger charge is -2.24. The van der Waals surface area contributed by atoms with Crippen LogP contribution in [0.4, 0.5) is 5.69 Å². The molecule has 2 aromatic carbocycles. The molecule has 256 valence electrons. The summed E-state index contributed by atoms with van der Waals surface area (Å²) in [6.45, 7) is 7.61. The van der Waals surface area contributed by atoms with Gasteiger partial charge in [0, 0.05) is 13.1 Å². The molecule has 15 nitrogen and oxygen atoms in total. The number of nitrogens with zero attached hydrogens (tertiary/aromatic N) is 1. The molecule has 3 rings (SSSR count). The van der Waals surface area contributed by atoms with Crippen LogP contribution in [-0.4, -0.2) is 82.4 Å². The Hall–Kier alpha value is -4.70. The first kappa shape index (κ1) is 36.8. The molecule has 47 heavy (non-hydrogen) atoms. The third kappa shape index (κ3) is 10.1. The molecule has 16 heteroatoms. The van der Waals surface area contributed by atoms with Gasteiger partial charge >= 0.3 is 29.8 Å². The van der Waals surface area contributed by atoms with Crippen molar-refractivity contribution < 1.29 is 60.8 Å². The number of para-hydroxylation sites is 1. The van der Waals surface area contributed by atoms with Crippen molar-refractivity contribution in [1.82, 2.24) is 0 Å². The molecular formula is C31H38N2O13S. The van der Waals surface area contributed by atoms with Gasteiger partial charge in [0.15, 0.2) is 30.2 Å². The molecule has 0 aromatic heterocycles. The van der Waals surface area contributed by atoms with Crippen LogP contribution in [0.15, 0.2) is 47.4 Å². The normalized spacial score (nSPS) is 15.4. The van der Waals surface area contributed by atoms with Gasteiger partial charge in [0.25, 0.3) is 0 Å². The fraction of sp³-hybridized carbons (Fsp3) is 0.452. The number of hydrogen-bond donors (Lipinski definition) is 1. The van der Waals surface area contributed by atoms with E-state index in [0.29, 0.717) is 24.5 Å². The van der Waals surface area contributed by atoms with Crippen molar-refractivity contribution in [3.8, 4) is 11.5 Å². The Bertz CT molecular complexity index is 1570. The lowest BCUT2D eigenvalue weighted by Crippen LogP contribution is -2.37. The van der Waals surface area contributed by atoms with Crippen molar-refractivity contribution in [1.29, 1.82) is 0 Å². The summed E-state index contributed by atoms with van der Waals surface area (Å²) >= 11 is 0. The van der Waals surface area contributed by atoms with E-state index in [1.165, 1.54) is 33.8 Å². The lowest BCUT2D eigenvalue weighted by molar-refractivity contribution is -0.183. The molecule has 1 fully saturated rings. The second kappa shape index (κ2) is 16.2. The quantitative estimate of drug-likeness (QED) is 0.225. The Morgan fingerprint density at radius 1 is 0.766 bits per heavy atom. The topological polar surface area (TPSA) is 204 Å². The first-order chi connectivity index (χ1) is 22.1. The van der Waals surface area contributed by atoms with Crippen LogP contribution in [0.1, 0.15) is 57.8 Å². The van der Waals surface area contributed by atoms with E-state index in [9.17, 15) is 32.4 Å². The fourth-order valence-corrected chi connectivity index (χ4v) is 5.01. The van der Waals surface area contributed by atoms with Crippen LogP contribution in [0.5, 0.6) is 11.5 Å². The van der Waals surface area contributed by atoms with E-state index >= 15 is 0 Å². The van der Waals surface area contributed by atoms with Gasteiger partial charge in [-0.05, 0) is 71.7 Å². The molecule has 1 aliphatic heterocycles. The van der Waals surface area contributed by atoms with Gasteiger partial charge in [-0.1, -0.05) is 18.2 Å². The van der Waals surface area contributed by atoms with Gasteiger partial charge in [0.05, 0.1) is 17.9 Å². The monoisotopic (exact) mass is 678 g/mol. The van der Waals surface area contributed by atoms with Crippen molar-refractivity contribution >= 4 is 45.6 Å². The van der Waals surface area contributed by atoms with Crippen LogP contribution in [0, 0.1) is 0 Å². The van der Waals surface area contributed by atoms with E-state index in [0.717, 1.165) is 18.9 Å². The number of sulfonamides is 1. The Kier molecular flexibility index (Phi) is 12.7. The van der Waals surface area contributed by atoms with E-state index in [-0.39, 0.29) is 17.9 Å². The summed E-state index contributed by atoms with van der Waals surface area (Å²) in [6.07, 6.45) is -4.15. The minimum Gasteiger partial charge on any atom is -0.463 e. The lowest BCUT2D eigenvalue weighted by atomic mass is 10.1. The molecule has 4 atom stereocenters. The van der Waals surface area contributed by atoms with Crippen LogP contribution in [0.2, 0.25) is 0 Å². The summed E-state index contributed by atoms with van der Waals surface area (Å²) in [6, 6.07) is 10.8. The van der Waals surface area contributed by atoms with Gasteiger partial charge in [-0.2, -0.15) is 0 Å². The molecule has 0 bridgehead atoms. The molecule has 0 saturated carbocycles. The highest BCUT2D eigenvalue weighted by molar-refractivity contribution is 7.89. The largest absolute Gasteiger partial charge is 0.463 e. The maximum absolute atomic E-state index is 13.2. The van der Waals surface area contributed by atoms with Crippen molar-refractivity contribution in [2.45, 2.75) is 76.8 Å². The SMILES string of the molecule is CCOC(=O)C(C)OC(=O)C(C)OC(=O)C(C)OC(=O)C(C)OC(=O)c1cc(N2CCCC2)c(Oc2ccccc2)c(S(N)(=O)=O)c1. The molecule has 2 aromatic rings. The van der Waals surface area contributed by atoms with Crippen molar-refractivity contribution in [2.24, 2.45) is 5.14 Å². The maximum Gasteiger partial charge on any atom is 0.348 e. The second-order valence-corrected chi connectivity index (χ2v) is 12.0. The zero-order valence-electron chi connectivity index (χ0n) is 26.6. The third-order valence-corrected chi connectivity index (χ3v) is 7.68. The summed E-state index contributed by atoms with van der Waals surface area (Å²) in [5.41, 5.74) is 0.0635. The van der Waals surface area contributed by atoms with Gasteiger partial charge in [0.2, 0.25) is 10.0 Å². The van der Waals surface area contributed by atoms with Crippen molar-refractivity contribution in [3.63, 3.8) is 0 Å². The van der Waals surface area contributed by atoms with Gasteiger partial charge in [0.1, 0.15) is 10.6 Å². The van der Waals surface area contributed by atoms with E-state index in [1.54, 1.807) is 37.3 Å². The van der Waals surface area contributed by atoms with E-state index in [2.05, 4.69) is 0 Å². The molecule has 0 amide bonds. The number of anilines is 1. The highest BCUT2D eigenvalue weighted by Crippen LogP contribution is 2.40. The van der Waals surface area contributed by atoms with Gasteiger partial charge in [-0.3, -0.25) is 0 Å². The van der Waals surface area contributed by atoms with E-state index < -0.39 is 69.2 Å². The highest BCUT2D eigenvalue weighted by atomic mass is 32.2. The Morgan fingerprint density at radius 2 is 1.26 bits per heavy atom. The Labute approximate surface area is 272 Å². The van der Waals surface area contributed by atoms with Crippen LogP contribution < -0.4 is 14.8 Å². The predicted octanol–water partition coefficient (Wildman–Crippen LogP) is 2.63. The standard InChI is InChI=1S/C31H38N2O13S/c1-6-41-27(34)18(2)42-28(35)19(3)43-29(36)20(4)44-30(37)21(5)45-31(38)22-16-24(33-14-10-11-15-33)26(25(17-22)47(32,39)40)46-23-12-8-7-9-13-23/h7-9,12-13,16-21H,6,10-11,14-15H2,1-5H3,(H2,32,39,40). The molecular weight excluding hydrogens is 640 g/mol. The third-order valence-electron chi connectivity index (χ3n) is 6.76. The molecule has 1 saturated heterocycles. The molecule has 0 radical (unpaired) electrons. The van der Waals surface area contributed by atoms with Crippen LogP contribution >= 0.6 is 0 Å². The number of esters is 5. The van der Waals surface area contributed by atoms with Gasteiger partial charge in [-0.25, -0.2) is 37.5 Å². The Balaban J connectivity index is 1.71. The van der Waals surface area contributed by atoms with Crippen LogP contribution in [-0.2, 0) is 52.9 Å². The number of rotatable bonds is 14. The van der Waals surface area contributed by atoms with E-state index in [4.69, 9.17) is 33.6 Å². The summed E-state index contributed by atoms with van der Waals surface area (Å²) in [7, 11) is -4.42. The van der Waals surface area contributed by atoms with Crippen molar-refractivity contribution in [3.05, 3.63) is 48.0 Å². The minimum atomic E-state index is -4.42. The zero-order valence-corrected chi connectivity index (χ0v) is 27.4. The van der Waals surface area contributed by atoms with Gasteiger partial charge in [-0.15, -0.1) is 0 Å². The smallest absolute Gasteiger partial charge is 0.348 e. The number of carbonyl (C=O) groups excluding carboxylic acids is 5. The number of hydrogen-bond acceptors (Lipinski definition) is 14. The molecule has 0 aliphatic carbocycles. The van der Waals surface area contributed by atoms with Crippen molar-refractivity contribution in [2.75, 3.05) is 24.6 Å². The number of benzene rings is 2. The zero-order chi connectivity index (χ0) is 34.9. The molecule has 1 aliphatic rings. The molecule has 1 heterocycles. The molecule has 0 spiro atoms. The summed E-state index contributed by atoms with van der Waals surface area (Å²) < 4.78 is 56.3. The first-order valence-corrected chi connectivity index (χ1v) is 16.3. The van der Waals surface area contributed by atoms with Crippen LogP contribution in [0.25, 0.3) is 0 Å². The van der Waals surface area contributed by atoms with Crippen LogP contribution in [0.3, 0.4) is 0 Å². The number of carbonyl (C=O) groups is 5. The molecule has 2 N–H and O–H groups in total. The summed E-state index contributed by atoms with van der Waals surface area (Å²) in [5, 5.41) is 5.54. The summed E-state index contributed by atoms with van der Waals surface area (Å²) in [5.74, 6) is -4.87. The fourth-order valence-electron chi connectivity index (χ4n) is 4.31. The highest BCUT2D eigenvalue weighted by Gasteiger charge is 2.32. The van der Waals surface area contributed by atoms with Gasteiger partial charge < -0.3 is 33.3 Å². The molecule has 4 unspecified atom stereocenters. The number of primary sulfonamides is 1. The first-order valence-electron chi connectivity index (χ1n) is 14.8. The average molecular weight is 679 g/mol. The van der Waals surface area contributed by atoms with E-state index in [1.807, 2.05) is 4.90 Å². The number of nitrogens with two attached hydrogens (primary N) is 1. The second-order valence-electron chi connectivity index (χ2n) is 10.5. The average Bonchev–Trinajstić information content (AvgIpc) is 3.56. The Morgan fingerprint density at radius 3 is 1.74 bits per heavy atom. The summed E-state index contributed by atoms with van der Waals surface area (Å²) in [4.78, 5) is 63.6.